The van der Waals surface area contributed by atoms with Crippen LogP contribution in [-0.4, -0.2) is 4.57 Å². The highest BCUT2D eigenvalue weighted by atomic mass is 14.9. The molecular weight excluding hydrogens is 302 g/mol. The molecule has 0 radical (unpaired) electrons. The lowest BCUT2D eigenvalue weighted by molar-refractivity contribution is 0.806. The van der Waals surface area contributed by atoms with Crippen LogP contribution in [0.5, 0.6) is 0 Å². The van der Waals surface area contributed by atoms with Gasteiger partial charge in [-0.1, -0.05) is 61.9 Å². The topological polar surface area (TPSA) is 4.93 Å². The summed E-state index contributed by atoms with van der Waals surface area (Å²) in [4.78, 5) is 0. The van der Waals surface area contributed by atoms with Gasteiger partial charge in [0.25, 0.3) is 0 Å². The van der Waals surface area contributed by atoms with Gasteiger partial charge in [-0.15, -0.1) is 0 Å². The van der Waals surface area contributed by atoms with Gasteiger partial charge in [0, 0.05) is 23.5 Å². The molecule has 0 N–H and O–H groups in total. The Balaban J connectivity index is 1.92. The molecule has 0 aliphatic heterocycles. The number of aryl methyl sites for hydroxylation is 2. The largest absolute Gasteiger partial charge is 0.347 e. The summed E-state index contributed by atoms with van der Waals surface area (Å²) in [7, 11) is 2.21. The van der Waals surface area contributed by atoms with E-state index in [4.69, 9.17) is 0 Å². The lowest BCUT2D eigenvalue weighted by Gasteiger charge is -2.09. The van der Waals surface area contributed by atoms with E-state index < -0.39 is 0 Å². The molecule has 0 saturated heterocycles. The van der Waals surface area contributed by atoms with Gasteiger partial charge >= 0.3 is 0 Å². The van der Waals surface area contributed by atoms with Crippen molar-refractivity contribution in [2.75, 3.05) is 0 Å². The Morgan fingerprint density at radius 1 is 0.680 bits per heavy atom. The first-order valence-electron chi connectivity index (χ1n) is 9.09. The first-order valence-corrected chi connectivity index (χ1v) is 9.09. The first-order chi connectivity index (χ1) is 12.3. The zero-order chi connectivity index (χ0) is 17.0. The molecule has 0 aliphatic carbocycles. The van der Waals surface area contributed by atoms with E-state index in [1.807, 2.05) is 0 Å². The molecule has 0 unspecified atom stereocenters. The van der Waals surface area contributed by atoms with Crippen LogP contribution in [0.2, 0.25) is 0 Å². The van der Waals surface area contributed by atoms with Crippen LogP contribution in [0, 0.1) is 0 Å². The Morgan fingerprint density at radius 3 is 2.20 bits per heavy atom. The quantitative estimate of drug-likeness (QED) is 0.255. The van der Waals surface area contributed by atoms with Crippen LogP contribution in [0.4, 0.5) is 0 Å². The van der Waals surface area contributed by atoms with E-state index in [0.717, 1.165) is 6.42 Å². The summed E-state index contributed by atoms with van der Waals surface area (Å²) in [5, 5.41) is 9.31. The summed E-state index contributed by atoms with van der Waals surface area (Å²) >= 11 is 0. The molecule has 0 aliphatic rings. The number of nitrogens with zero attached hydrogens (tertiary/aromatic N) is 1. The molecule has 5 aromatic rings. The molecule has 0 amide bonds. The monoisotopic (exact) mass is 323 g/mol. The van der Waals surface area contributed by atoms with Crippen LogP contribution >= 0.6 is 0 Å². The van der Waals surface area contributed by atoms with Crippen molar-refractivity contribution in [3.05, 3.63) is 72.4 Å². The van der Waals surface area contributed by atoms with E-state index in [9.17, 15) is 0 Å². The Bertz CT molecular complexity index is 1260. The molecule has 1 aromatic heterocycles. The lowest BCUT2D eigenvalue weighted by Crippen LogP contribution is -1.95. The van der Waals surface area contributed by atoms with Gasteiger partial charge in [0.15, 0.2) is 0 Å². The van der Waals surface area contributed by atoms with Crippen molar-refractivity contribution in [1.29, 1.82) is 0 Å². The van der Waals surface area contributed by atoms with Crippen LogP contribution in [0.25, 0.3) is 43.2 Å². The minimum Gasteiger partial charge on any atom is -0.347 e. The van der Waals surface area contributed by atoms with E-state index in [0.29, 0.717) is 0 Å². The smallest absolute Gasteiger partial charge is 0.0559 e. The molecule has 0 atom stereocenters. The standard InChI is InChI=1S/C24H21N/c1-3-6-20-14-19-10-11-21-22(24(19)25(20)2)12-9-18-13-16-7-4-5-8-17(16)15-23(18)21/h4-5,7-15H,3,6H2,1-2H3. The van der Waals surface area contributed by atoms with Gasteiger partial charge < -0.3 is 4.57 Å². The Hall–Kier alpha value is -2.80. The summed E-state index contributed by atoms with van der Waals surface area (Å²) in [6.45, 7) is 2.24. The van der Waals surface area contributed by atoms with E-state index in [2.05, 4.69) is 85.3 Å². The lowest BCUT2D eigenvalue weighted by atomic mass is 9.97. The molecule has 1 heteroatoms. The number of aromatic nitrogens is 1. The Labute approximate surface area is 147 Å². The molecule has 122 valence electrons. The summed E-state index contributed by atoms with van der Waals surface area (Å²) < 4.78 is 2.38. The van der Waals surface area contributed by atoms with Gasteiger partial charge in [0.1, 0.15) is 0 Å². The highest BCUT2D eigenvalue weighted by Crippen LogP contribution is 2.34. The maximum Gasteiger partial charge on any atom is 0.0559 e. The van der Waals surface area contributed by atoms with E-state index in [1.54, 1.807) is 0 Å². The fourth-order valence-electron chi connectivity index (χ4n) is 4.24. The van der Waals surface area contributed by atoms with Crippen molar-refractivity contribution in [3.8, 4) is 0 Å². The number of fused-ring (bicyclic) bond motifs is 6. The van der Waals surface area contributed by atoms with Crippen LogP contribution in [-0.2, 0) is 13.5 Å². The molecule has 0 spiro atoms. The van der Waals surface area contributed by atoms with Crippen LogP contribution in [0.1, 0.15) is 19.0 Å². The zero-order valence-electron chi connectivity index (χ0n) is 14.7. The van der Waals surface area contributed by atoms with Gasteiger partial charge in [-0.2, -0.15) is 0 Å². The van der Waals surface area contributed by atoms with Gasteiger partial charge in [-0.05, 0) is 51.6 Å². The van der Waals surface area contributed by atoms with E-state index >= 15 is 0 Å². The molecule has 1 heterocycles. The molecule has 1 nitrogen and oxygen atoms in total. The number of hydrogen-bond donors (Lipinski definition) is 0. The minimum atomic E-state index is 1.13. The molecule has 0 fully saturated rings. The summed E-state index contributed by atoms with van der Waals surface area (Å²) in [5.41, 5.74) is 2.78. The fraction of sp³-hybridized carbons (Fsp3) is 0.167. The average Bonchev–Trinajstić information content (AvgIpc) is 2.96. The molecule has 25 heavy (non-hydrogen) atoms. The van der Waals surface area contributed by atoms with Crippen LogP contribution < -0.4 is 0 Å². The normalized spacial score (nSPS) is 11.9. The van der Waals surface area contributed by atoms with Crippen molar-refractivity contribution >= 4 is 43.2 Å². The van der Waals surface area contributed by atoms with Crippen molar-refractivity contribution in [2.24, 2.45) is 7.05 Å². The highest BCUT2D eigenvalue weighted by Gasteiger charge is 2.11. The summed E-state index contributed by atoms with van der Waals surface area (Å²) in [5.74, 6) is 0. The minimum absolute atomic E-state index is 1.13. The first kappa shape index (κ1) is 14.5. The number of rotatable bonds is 2. The fourth-order valence-corrected chi connectivity index (χ4v) is 4.24. The van der Waals surface area contributed by atoms with Crippen molar-refractivity contribution in [3.63, 3.8) is 0 Å². The van der Waals surface area contributed by atoms with E-state index in [1.165, 1.54) is 55.3 Å². The van der Waals surface area contributed by atoms with E-state index in [-0.39, 0.29) is 0 Å². The summed E-state index contributed by atoms with van der Waals surface area (Å²) in [6.07, 6.45) is 2.31. The third-order valence-electron chi connectivity index (χ3n) is 5.48. The SMILES string of the molecule is CCCc1cc2ccc3c4cc5ccccc5cc4ccc3c2n1C. The van der Waals surface area contributed by atoms with Crippen molar-refractivity contribution < 1.29 is 0 Å². The highest BCUT2D eigenvalue weighted by molar-refractivity contribution is 6.18. The molecule has 0 bridgehead atoms. The zero-order valence-corrected chi connectivity index (χ0v) is 14.7. The maximum atomic E-state index is 2.38. The predicted octanol–water partition coefficient (Wildman–Crippen LogP) is 6.59. The third kappa shape index (κ3) is 2.09. The second-order valence-electron chi connectivity index (χ2n) is 7.03. The van der Waals surface area contributed by atoms with Crippen LogP contribution in [0.15, 0.2) is 66.7 Å². The second-order valence-corrected chi connectivity index (χ2v) is 7.03. The Morgan fingerprint density at radius 2 is 1.40 bits per heavy atom. The maximum absolute atomic E-state index is 2.38. The van der Waals surface area contributed by atoms with Crippen LogP contribution in [0.3, 0.4) is 0 Å². The van der Waals surface area contributed by atoms with Gasteiger partial charge in [-0.3, -0.25) is 0 Å². The number of benzene rings is 4. The average molecular weight is 323 g/mol. The van der Waals surface area contributed by atoms with Gasteiger partial charge in [0.2, 0.25) is 0 Å². The Kier molecular flexibility index (Phi) is 3.11. The molecular formula is C24H21N. The number of hydrogen-bond acceptors (Lipinski definition) is 0. The molecule has 5 rings (SSSR count). The second kappa shape index (κ2) is 5.35. The molecule has 0 saturated carbocycles. The molecule has 4 aromatic carbocycles. The van der Waals surface area contributed by atoms with Crippen molar-refractivity contribution in [1.82, 2.24) is 4.57 Å². The predicted molar refractivity (Wildman–Crippen MR) is 109 cm³/mol. The van der Waals surface area contributed by atoms with Crippen molar-refractivity contribution in [2.45, 2.75) is 19.8 Å². The van der Waals surface area contributed by atoms with Gasteiger partial charge in [-0.25, -0.2) is 0 Å². The van der Waals surface area contributed by atoms with Gasteiger partial charge in [0.05, 0.1) is 5.52 Å². The summed E-state index contributed by atoms with van der Waals surface area (Å²) in [6, 6.07) is 24.8. The third-order valence-corrected chi connectivity index (χ3v) is 5.48.